The molecular weight excluding hydrogens is 286 g/mol. The van der Waals surface area contributed by atoms with E-state index >= 15 is 0 Å². The summed E-state index contributed by atoms with van der Waals surface area (Å²) in [7, 11) is 0. The lowest BCUT2D eigenvalue weighted by Crippen LogP contribution is -2.43. The Morgan fingerprint density at radius 2 is 1.76 bits per heavy atom. The van der Waals surface area contributed by atoms with Crippen LogP contribution in [0.3, 0.4) is 0 Å². The van der Waals surface area contributed by atoms with Crippen LogP contribution >= 0.6 is 12.4 Å². The second-order valence-electron chi connectivity index (χ2n) is 5.37. The third kappa shape index (κ3) is 3.38. The van der Waals surface area contributed by atoms with Gasteiger partial charge < -0.3 is 15.2 Å². The minimum atomic E-state index is -0.258. The smallest absolute Gasteiger partial charge is 0.172 e. The van der Waals surface area contributed by atoms with Gasteiger partial charge in [-0.3, -0.25) is 0 Å². The van der Waals surface area contributed by atoms with Crippen molar-refractivity contribution in [1.29, 1.82) is 0 Å². The molecule has 1 atom stereocenters. The standard InChI is InChI=1S/C17H21NO2.ClH/c1-2-16(18)17-19-10-13(11-20-17)15-9-5-7-12-6-3-4-8-14(12)15;/h3-9,13,16-17H,2,10-11,18H2,1H3;1H. The Morgan fingerprint density at radius 3 is 2.48 bits per heavy atom. The molecule has 2 aromatic carbocycles. The fourth-order valence-electron chi connectivity index (χ4n) is 2.74. The van der Waals surface area contributed by atoms with Crippen molar-refractivity contribution in [2.24, 2.45) is 5.73 Å². The quantitative estimate of drug-likeness (QED) is 0.944. The lowest BCUT2D eigenvalue weighted by atomic mass is 9.94. The summed E-state index contributed by atoms with van der Waals surface area (Å²) in [6, 6.07) is 14.8. The van der Waals surface area contributed by atoms with E-state index in [1.165, 1.54) is 16.3 Å². The van der Waals surface area contributed by atoms with Crippen LogP contribution in [-0.4, -0.2) is 25.5 Å². The first-order valence-electron chi connectivity index (χ1n) is 7.26. The van der Waals surface area contributed by atoms with Gasteiger partial charge in [0, 0.05) is 5.92 Å². The second kappa shape index (κ2) is 7.23. The number of fused-ring (bicyclic) bond motifs is 1. The van der Waals surface area contributed by atoms with E-state index in [-0.39, 0.29) is 30.7 Å². The second-order valence-corrected chi connectivity index (χ2v) is 5.37. The van der Waals surface area contributed by atoms with Crippen LogP contribution in [0, 0.1) is 0 Å². The SMILES string of the molecule is CCC(N)C1OCC(c2cccc3ccccc23)CO1.Cl. The van der Waals surface area contributed by atoms with Crippen molar-refractivity contribution in [3.8, 4) is 0 Å². The molecule has 3 nitrogen and oxygen atoms in total. The van der Waals surface area contributed by atoms with Crippen molar-refractivity contribution >= 4 is 23.2 Å². The third-order valence-corrected chi connectivity index (χ3v) is 4.01. The van der Waals surface area contributed by atoms with Gasteiger partial charge in [-0.2, -0.15) is 0 Å². The third-order valence-electron chi connectivity index (χ3n) is 4.01. The van der Waals surface area contributed by atoms with Gasteiger partial charge in [0.1, 0.15) is 0 Å². The molecule has 1 aliphatic rings. The van der Waals surface area contributed by atoms with Crippen LogP contribution in [0.1, 0.15) is 24.8 Å². The van der Waals surface area contributed by atoms with E-state index in [0.29, 0.717) is 13.2 Å². The molecule has 4 heteroatoms. The molecule has 21 heavy (non-hydrogen) atoms. The zero-order valence-electron chi connectivity index (χ0n) is 12.2. The van der Waals surface area contributed by atoms with Crippen LogP contribution in [0.5, 0.6) is 0 Å². The molecule has 0 amide bonds. The Bertz CT molecular complexity index is 577. The van der Waals surface area contributed by atoms with Gasteiger partial charge in [-0.1, -0.05) is 49.4 Å². The number of nitrogens with two attached hydrogens (primary N) is 1. The Kier molecular flexibility index (Phi) is 5.59. The van der Waals surface area contributed by atoms with Crippen molar-refractivity contribution in [1.82, 2.24) is 0 Å². The van der Waals surface area contributed by atoms with Gasteiger partial charge in [0.15, 0.2) is 6.29 Å². The number of hydrogen-bond donors (Lipinski definition) is 1. The molecule has 1 saturated heterocycles. The van der Waals surface area contributed by atoms with E-state index in [1.807, 2.05) is 6.92 Å². The van der Waals surface area contributed by atoms with Crippen molar-refractivity contribution in [2.45, 2.75) is 31.6 Å². The summed E-state index contributed by atoms with van der Waals surface area (Å²) in [6.45, 7) is 3.40. The fraction of sp³-hybridized carbons (Fsp3) is 0.412. The van der Waals surface area contributed by atoms with Gasteiger partial charge in [0.25, 0.3) is 0 Å². The van der Waals surface area contributed by atoms with Gasteiger partial charge in [-0.25, -0.2) is 0 Å². The first kappa shape index (κ1) is 16.2. The minimum Gasteiger partial charge on any atom is -0.350 e. The normalized spacial score (nSPS) is 23.5. The predicted molar refractivity (Wildman–Crippen MR) is 87.9 cm³/mol. The van der Waals surface area contributed by atoms with E-state index in [1.54, 1.807) is 0 Å². The molecular formula is C17H22ClNO2. The van der Waals surface area contributed by atoms with Crippen LogP contribution in [0.2, 0.25) is 0 Å². The molecule has 1 fully saturated rings. The van der Waals surface area contributed by atoms with E-state index < -0.39 is 0 Å². The molecule has 2 N–H and O–H groups in total. The van der Waals surface area contributed by atoms with E-state index in [2.05, 4.69) is 42.5 Å². The Balaban J connectivity index is 0.00000161. The largest absolute Gasteiger partial charge is 0.350 e. The Morgan fingerprint density at radius 1 is 1.10 bits per heavy atom. The summed E-state index contributed by atoms with van der Waals surface area (Å²) in [5.74, 6) is 0.279. The number of hydrogen-bond acceptors (Lipinski definition) is 3. The number of halogens is 1. The minimum absolute atomic E-state index is 0. The highest BCUT2D eigenvalue weighted by atomic mass is 35.5. The maximum atomic E-state index is 5.97. The molecule has 0 radical (unpaired) electrons. The summed E-state index contributed by atoms with van der Waals surface area (Å²) in [5.41, 5.74) is 7.27. The van der Waals surface area contributed by atoms with Crippen molar-refractivity contribution in [3.63, 3.8) is 0 Å². The van der Waals surface area contributed by atoms with Gasteiger partial charge in [0.05, 0.1) is 19.3 Å². The highest BCUT2D eigenvalue weighted by molar-refractivity contribution is 5.86. The lowest BCUT2D eigenvalue weighted by molar-refractivity contribution is -0.196. The highest BCUT2D eigenvalue weighted by Crippen LogP contribution is 2.29. The van der Waals surface area contributed by atoms with Crippen LogP contribution in [-0.2, 0) is 9.47 Å². The Hall–Kier alpha value is -1.13. The fourth-order valence-corrected chi connectivity index (χ4v) is 2.74. The van der Waals surface area contributed by atoms with Gasteiger partial charge >= 0.3 is 0 Å². The molecule has 1 aliphatic heterocycles. The summed E-state index contributed by atoms with van der Waals surface area (Å²) in [5, 5.41) is 2.54. The van der Waals surface area contributed by atoms with Crippen LogP contribution < -0.4 is 5.73 Å². The maximum absolute atomic E-state index is 5.97. The van der Waals surface area contributed by atoms with E-state index in [0.717, 1.165) is 6.42 Å². The molecule has 3 rings (SSSR count). The molecule has 1 heterocycles. The maximum Gasteiger partial charge on any atom is 0.172 e. The van der Waals surface area contributed by atoms with Crippen molar-refractivity contribution in [2.75, 3.05) is 13.2 Å². The average molecular weight is 308 g/mol. The van der Waals surface area contributed by atoms with E-state index in [4.69, 9.17) is 15.2 Å². The van der Waals surface area contributed by atoms with Gasteiger partial charge in [0.2, 0.25) is 0 Å². The molecule has 0 saturated carbocycles. The lowest BCUT2D eigenvalue weighted by Gasteiger charge is -2.33. The van der Waals surface area contributed by atoms with Crippen LogP contribution in [0.15, 0.2) is 42.5 Å². The highest BCUT2D eigenvalue weighted by Gasteiger charge is 2.27. The van der Waals surface area contributed by atoms with Crippen molar-refractivity contribution in [3.05, 3.63) is 48.0 Å². The summed E-state index contributed by atoms with van der Waals surface area (Å²) < 4.78 is 11.6. The zero-order valence-corrected chi connectivity index (χ0v) is 13.0. The van der Waals surface area contributed by atoms with Gasteiger partial charge in [-0.15, -0.1) is 12.4 Å². The van der Waals surface area contributed by atoms with Crippen molar-refractivity contribution < 1.29 is 9.47 Å². The molecule has 0 aliphatic carbocycles. The van der Waals surface area contributed by atoms with E-state index in [9.17, 15) is 0 Å². The molecule has 0 aromatic heterocycles. The monoisotopic (exact) mass is 307 g/mol. The number of rotatable bonds is 3. The summed E-state index contributed by atoms with van der Waals surface area (Å²) >= 11 is 0. The molecule has 2 aromatic rings. The van der Waals surface area contributed by atoms with Gasteiger partial charge in [-0.05, 0) is 22.8 Å². The van der Waals surface area contributed by atoms with Crippen LogP contribution in [0.4, 0.5) is 0 Å². The predicted octanol–water partition coefficient (Wildman–Crippen LogP) is 3.46. The molecule has 114 valence electrons. The first-order chi connectivity index (χ1) is 9.79. The zero-order chi connectivity index (χ0) is 13.9. The molecule has 1 unspecified atom stereocenters. The number of benzene rings is 2. The first-order valence-corrected chi connectivity index (χ1v) is 7.26. The Labute approximate surface area is 131 Å². The summed E-state index contributed by atoms with van der Waals surface area (Å²) in [6.07, 6.45) is 0.607. The molecule has 0 bridgehead atoms. The molecule has 0 spiro atoms. The average Bonchev–Trinajstić information content (AvgIpc) is 2.54. The van der Waals surface area contributed by atoms with Crippen LogP contribution in [0.25, 0.3) is 10.8 Å². The number of ether oxygens (including phenoxy) is 2. The topological polar surface area (TPSA) is 44.5 Å². The summed E-state index contributed by atoms with van der Waals surface area (Å²) in [4.78, 5) is 0.